The zero-order valence-electron chi connectivity index (χ0n) is 21.6. The molecule has 0 spiro atoms. The van der Waals surface area contributed by atoms with E-state index in [2.05, 4.69) is 147 Å². The summed E-state index contributed by atoms with van der Waals surface area (Å²) in [6, 6.07) is 35.2. The highest BCUT2D eigenvalue weighted by atomic mass is 14.8. The zero-order valence-corrected chi connectivity index (χ0v) is 21.6. The van der Waals surface area contributed by atoms with E-state index in [0.29, 0.717) is 0 Å². The van der Waals surface area contributed by atoms with Crippen molar-refractivity contribution in [2.75, 3.05) is 5.32 Å². The highest BCUT2D eigenvalue weighted by Gasteiger charge is 2.35. The second-order valence-corrected chi connectivity index (χ2v) is 10.3. The van der Waals surface area contributed by atoms with Crippen LogP contribution in [0.15, 0.2) is 128 Å². The van der Waals surface area contributed by atoms with E-state index in [0.717, 1.165) is 5.69 Å². The average molecular weight is 478 g/mol. The van der Waals surface area contributed by atoms with Crippen molar-refractivity contribution in [3.63, 3.8) is 0 Å². The van der Waals surface area contributed by atoms with Gasteiger partial charge in [0.05, 0.1) is 0 Å². The fraction of sp³-hybridized carbons (Fsp3) is 0.111. The van der Waals surface area contributed by atoms with Gasteiger partial charge in [-0.2, -0.15) is 0 Å². The Morgan fingerprint density at radius 3 is 2.30 bits per heavy atom. The van der Waals surface area contributed by atoms with Crippen molar-refractivity contribution in [2.24, 2.45) is 0 Å². The van der Waals surface area contributed by atoms with E-state index < -0.39 is 0 Å². The number of rotatable bonds is 5. The maximum absolute atomic E-state index is 3.47. The molecule has 1 aliphatic rings. The first-order chi connectivity index (χ1) is 18.1. The van der Waals surface area contributed by atoms with Crippen LogP contribution in [0.4, 0.5) is 5.69 Å². The van der Waals surface area contributed by atoms with Crippen LogP contribution in [-0.2, 0) is 5.41 Å². The molecule has 0 saturated heterocycles. The Labute approximate surface area is 219 Å². The molecule has 0 heterocycles. The van der Waals surface area contributed by atoms with Crippen molar-refractivity contribution >= 4 is 32.8 Å². The van der Waals surface area contributed by atoms with Gasteiger partial charge >= 0.3 is 0 Å². The number of anilines is 1. The molecule has 0 radical (unpaired) electrons. The summed E-state index contributed by atoms with van der Waals surface area (Å²) in [5.41, 5.74) is 9.03. The lowest BCUT2D eigenvalue weighted by atomic mass is 9.81. The van der Waals surface area contributed by atoms with E-state index >= 15 is 0 Å². The lowest BCUT2D eigenvalue weighted by Crippen LogP contribution is -2.15. The third kappa shape index (κ3) is 4.07. The van der Waals surface area contributed by atoms with Crippen LogP contribution < -0.4 is 5.32 Å². The molecule has 5 aromatic carbocycles. The molecule has 0 fully saturated rings. The monoisotopic (exact) mass is 477 g/mol. The van der Waals surface area contributed by atoms with Gasteiger partial charge in [-0.3, -0.25) is 0 Å². The third-order valence-electron chi connectivity index (χ3n) is 7.63. The van der Waals surface area contributed by atoms with Crippen molar-refractivity contribution in [2.45, 2.75) is 26.2 Å². The van der Waals surface area contributed by atoms with Gasteiger partial charge in [-0.25, -0.2) is 0 Å². The fourth-order valence-corrected chi connectivity index (χ4v) is 5.70. The van der Waals surface area contributed by atoms with E-state index in [4.69, 9.17) is 0 Å². The molecule has 1 nitrogen and oxygen atoms in total. The van der Waals surface area contributed by atoms with Crippen LogP contribution in [0.1, 0.15) is 37.5 Å². The molecular weight excluding hydrogens is 446 g/mol. The summed E-state index contributed by atoms with van der Waals surface area (Å²) in [6.07, 6.45) is 10.6. The molecule has 0 unspecified atom stereocenters. The van der Waals surface area contributed by atoms with Crippen LogP contribution >= 0.6 is 0 Å². The standard InChI is InChI=1S/C36H31N/c1-4-10-25(28-19-21-32-31-14-7-8-15-34(31)36(2,3)35(32)23-28)12-9-22-37-29-20-18-27-17-16-26-11-5-6-13-30(26)33(27)24-29/h4-24,37H,1-3H3/b10-4-,22-9+,25-12+. The summed E-state index contributed by atoms with van der Waals surface area (Å²) < 4.78 is 0. The largest absolute Gasteiger partial charge is 0.362 e. The fourth-order valence-electron chi connectivity index (χ4n) is 5.70. The second kappa shape index (κ2) is 9.26. The van der Waals surface area contributed by atoms with Gasteiger partial charge in [0.15, 0.2) is 0 Å². The Morgan fingerprint density at radius 1 is 0.703 bits per heavy atom. The van der Waals surface area contributed by atoms with Crippen LogP contribution in [0, 0.1) is 0 Å². The Balaban J connectivity index is 1.28. The van der Waals surface area contributed by atoms with E-state index in [1.807, 2.05) is 6.20 Å². The molecule has 1 heteroatoms. The van der Waals surface area contributed by atoms with Crippen molar-refractivity contribution in [3.05, 3.63) is 144 Å². The van der Waals surface area contributed by atoms with E-state index in [-0.39, 0.29) is 5.41 Å². The Hall–Kier alpha value is -4.36. The molecule has 0 amide bonds. The molecule has 0 aromatic heterocycles. The topological polar surface area (TPSA) is 12.0 Å². The first-order valence-electron chi connectivity index (χ1n) is 13.0. The van der Waals surface area contributed by atoms with Gasteiger partial charge in [-0.15, -0.1) is 0 Å². The minimum Gasteiger partial charge on any atom is -0.362 e. The summed E-state index contributed by atoms with van der Waals surface area (Å²) in [6.45, 7) is 6.73. The van der Waals surface area contributed by atoms with Crippen LogP contribution in [0.2, 0.25) is 0 Å². The van der Waals surface area contributed by atoms with Gasteiger partial charge in [0.2, 0.25) is 0 Å². The molecule has 1 N–H and O–H groups in total. The highest BCUT2D eigenvalue weighted by Crippen LogP contribution is 2.49. The first kappa shape index (κ1) is 23.1. The Bertz CT molecular complexity index is 1730. The summed E-state index contributed by atoms with van der Waals surface area (Å²) >= 11 is 0. The quantitative estimate of drug-likeness (QED) is 0.196. The lowest BCUT2D eigenvalue weighted by molar-refractivity contribution is 0.660. The average Bonchev–Trinajstić information content (AvgIpc) is 3.16. The predicted molar refractivity (Wildman–Crippen MR) is 161 cm³/mol. The summed E-state index contributed by atoms with van der Waals surface area (Å²) in [7, 11) is 0. The first-order valence-corrected chi connectivity index (χ1v) is 13.0. The van der Waals surface area contributed by atoms with Gasteiger partial charge < -0.3 is 5.32 Å². The third-order valence-corrected chi connectivity index (χ3v) is 7.63. The van der Waals surface area contributed by atoms with Crippen molar-refractivity contribution < 1.29 is 0 Å². The highest BCUT2D eigenvalue weighted by molar-refractivity contribution is 6.08. The second-order valence-electron chi connectivity index (χ2n) is 10.3. The van der Waals surface area contributed by atoms with Crippen LogP contribution in [0.5, 0.6) is 0 Å². The molecule has 0 aliphatic heterocycles. The molecule has 0 saturated carbocycles. The lowest BCUT2D eigenvalue weighted by Gasteiger charge is -2.22. The molecule has 1 aliphatic carbocycles. The summed E-state index contributed by atoms with van der Waals surface area (Å²) in [5.74, 6) is 0. The predicted octanol–water partition coefficient (Wildman–Crippen LogP) is 9.88. The molecule has 37 heavy (non-hydrogen) atoms. The molecule has 180 valence electrons. The molecular formula is C36H31N. The number of hydrogen-bond acceptors (Lipinski definition) is 1. The Morgan fingerprint density at radius 2 is 1.43 bits per heavy atom. The number of nitrogens with one attached hydrogen (secondary N) is 1. The summed E-state index contributed by atoms with van der Waals surface area (Å²) in [4.78, 5) is 0. The molecule has 0 atom stereocenters. The van der Waals surface area contributed by atoms with Gasteiger partial charge in [0, 0.05) is 17.3 Å². The Kier molecular flexibility index (Phi) is 5.77. The minimum atomic E-state index is 0.000621. The molecule has 5 aromatic rings. The number of allylic oxidation sites excluding steroid dienone is 5. The number of fused-ring (bicyclic) bond motifs is 6. The van der Waals surface area contributed by atoms with E-state index in [9.17, 15) is 0 Å². The van der Waals surface area contributed by atoms with Crippen molar-refractivity contribution in [3.8, 4) is 11.1 Å². The van der Waals surface area contributed by atoms with E-state index in [1.165, 1.54) is 54.9 Å². The van der Waals surface area contributed by atoms with Crippen LogP contribution in [0.25, 0.3) is 38.2 Å². The van der Waals surface area contributed by atoms with Gasteiger partial charge in [0.1, 0.15) is 0 Å². The normalized spacial score (nSPS) is 14.5. The van der Waals surface area contributed by atoms with Gasteiger partial charge in [0.25, 0.3) is 0 Å². The number of benzene rings is 5. The zero-order chi connectivity index (χ0) is 25.4. The van der Waals surface area contributed by atoms with Crippen molar-refractivity contribution in [1.29, 1.82) is 0 Å². The molecule has 0 bridgehead atoms. The SMILES string of the molecule is C\C=C/C(=C\C=C\Nc1ccc2ccc3ccccc3c2c1)c1ccc2c(c1)C(C)(C)c1ccccc1-2. The smallest absolute Gasteiger partial charge is 0.0386 e. The van der Waals surface area contributed by atoms with Crippen LogP contribution in [0.3, 0.4) is 0 Å². The van der Waals surface area contributed by atoms with Crippen molar-refractivity contribution in [1.82, 2.24) is 0 Å². The minimum absolute atomic E-state index is 0.000621. The van der Waals surface area contributed by atoms with Gasteiger partial charge in [-0.1, -0.05) is 111 Å². The van der Waals surface area contributed by atoms with Gasteiger partial charge in [-0.05, 0) is 86.1 Å². The maximum atomic E-state index is 3.47. The van der Waals surface area contributed by atoms with E-state index in [1.54, 1.807) is 0 Å². The maximum Gasteiger partial charge on any atom is 0.0386 e. The van der Waals surface area contributed by atoms with Crippen LogP contribution in [-0.4, -0.2) is 0 Å². The summed E-state index contributed by atoms with van der Waals surface area (Å²) in [5, 5.41) is 8.54. The molecule has 6 rings (SSSR count). The number of hydrogen-bond donors (Lipinski definition) is 1.